The zero-order valence-corrected chi connectivity index (χ0v) is 15.0. The second kappa shape index (κ2) is 7.41. The van der Waals surface area contributed by atoms with Crippen molar-refractivity contribution >= 4 is 28.7 Å². The molecule has 1 atom stereocenters. The van der Waals surface area contributed by atoms with Crippen molar-refractivity contribution in [2.24, 2.45) is 0 Å². The fourth-order valence-electron chi connectivity index (χ4n) is 2.96. The van der Waals surface area contributed by atoms with Gasteiger partial charge < -0.3 is 10.0 Å². The number of aryl methyl sites for hydroxylation is 2. The van der Waals surface area contributed by atoms with Gasteiger partial charge in [-0.2, -0.15) is 0 Å². The number of para-hydroxylation sites is 1. The summed E-state index contributed by atoms with van der Waals surface area (Å²) >= 11 is 1.54. The summed E-state index contributed by atoms with van der Waals surface area (Å²) in [7, 11) is 0. The molecule has 25 heavy (non-hydrogen) atoms. The second-order valence-corrected chi connectivity index (χ2v) is 7.27. The normalized spacial score (nSPS) is 20.2. The van der Waals surface area contributed by atoms with Crippen LogP contribution in [0.25, 0.3) is 0 Å². The summed E-state index contributed by atoms with van der Waals surface area (Å²) in [4.78, 5) is 26.5. The van der Waals surface area contributed by atoms with Gasteiger partial charge in [0, 0.05) is 31.5 Å². The third-order valence-corrected chi connectivity index (χ3v) is 5.56. The standard InChI is InChI=1S/C18H21N3O3S/c1-2-15-19-20-16(25-15)10-6-9-14(22)18(24)11-12-21(17(18)23)13-7-4-3-5-8-13/h3-5,7-8,24H,2,6,9-12H2,1H3/t18-/m0/s1. The first kappa shape index (κ1) is 17.7. The lowest BCUT2D eigenvalue weighted by atomic mass is 9.93. The summed E-state index contributed by atoms with van der Waals surface area (Å²) in [6, 6.07) is 9.12. The van der Waals surface area contributed by atoms with E-state index < -0.39 is 17.3 Å². The number of anilines is 1. The molecule has 0 radical (unpaired) electrons. The van der Waals surface area contributed by atoms with Crippen LogP contribution in [0.2, 0.25) is 0 Å². The van der Waals surface area contributed by atoms with E-state index in [2.05, 4.69) is 10.2 Å². The minimum absolute atomic E-state index is 0.137. The number of Topliss-reactive ketones (excluding diaryl/α,β-unsaturated/α-hetero) is 1. The van der Waals surface area contributed by atoms with Crippen molar-refractivity contribution in [3.63, 3.8) is 0 Å². The van der Waals surface area contributed by atoms with Crippen molar-refractivity contribution in [1.29, 1.82) is 0 Å². The molecular formula is C18H21N3O3S. The van der Waals surface area contributed by atoms with Crippen molar-refractivity contribution in [2.75, 3.05) is 11.4 Å². The minimum Gasteiger partial charge on any atom is -0.373 e. The molecule has 0 bridgehead atoms. The number of amides is 1. The molecule has 2 aromatic rings. The summed E-state index contributed by atoms with van der Waals surface area (Å²) in [6.07, 6.45) is 2.33. The Morgan fingerprint density at radius 1 is 1.28 bits per heavy atom. The Morgan fingerprint density at radius 3 is 2.68 bits per heavy atom. The first-order valence-electron chi connectivity index (χ1n) is 8.48. The fraction of sp³-hybridized carbons (Fsp3) is 0.444. The highest BCUT2D eigenvalue weighted by molar-refractivity contribution is 7.11. The van der Waals surface area contributed by atoms with Crippen LogP contribution in [-0.2, 0) is 22.4 Å². The monoisotopic (exact) mass is 359 g/mol. The van der Waals surface area contributed by atoms with Gasteiger partial charge in [0.1, 0.15) is 10.0 Å². The number of carbonyl (C=O) groups is 2. The van der Waals surface area contributed by atoms with Gasteiger partial charge in [0.05, 0.1) is 0 Å². The maximum atomic E-state index is 12.6. The van der Waals surface area contributed by atoms with E-state index in [1.165, 1.54) is 4.90 Å². The molecule has 0 saturated carbocycles. The van der Waals surface area contributed by atoms with Crippen LogP contribution in [0, 0.1) is 0 Å². The van der Waals surface area contributed by atoms with E-state index in [0.717, 1.165) is 16.4 Å². The second-order valence-electron chi connectivity index (χ2n) is 6.12. The van der Waals surface area contributed by atoms with E-state index >= 15 is 0 Å². The molecule has 2 heterocycles. The van der Waals surface area contributed by atoms with E-state index in [4.69, 9.17) is 0 Å². The van der Waals surface area contributed by atoms with Gasteiger partial charge in [-0.25, -0.2) is 0 Å². The number of ketones is 1. The predicted molar refractivity (Wildman–Crippen MR) is 95.6 cm³/mol. The van der Waals surface area contributed by atoms with Crippen LogP contribution in [0.15, 0.2) is 30.3 Å². The number of hydrogen-bond donors (Lipinski definition) is 1. The lowest BCUT2D eigenvalue weighted by Crippen LogP contribution is -2.46. The molecule has 1 saturated heterocycles. The average molecular weight is 359 g/mol. The Labute approximate surface area is 150 Å². The van der Waals surface area contributed by atoms with Crippen molar-refractivity contribution in [1.82, 2.24) is 10.2 Å². The highest BCUT2D eigenvalue weighted by Gasteiger charge is 2.50. The van der Waals surface area contributed by atoms with Gasteiger partial charge in [-0.15, -0.1) is 21.5 Å². The maximum absolute atomic E-state index is 12.6. The van der Waals surface area contributed by atoms with E-state index in [1.54, 1.807) is 23.5 Å². The molecule has 132 valence electrons. The Kier molecular flexibility index (Phi) is 5.24. The van der Waals surface area contributed by atoms with E-state index in [0.29, 0.717) is 25.1 Å². The molecule has 1 fully saturated rings. The molecule has 1 amide bonds. The maximum Gasteiger partial charge on any atom is 0.266 e. The summed E-state index contributed by atoms with van der Waals surface area (Å²) in [5, 5.41) is 20.6. The third-order valence-electron chi connectivity index (χ3n) is 4.43. The Balaban J connectivity index is 1.58. The SMILES string of the molecule is CCc1nnc(CCCC(=O)[C@@]2(O)CCN(c3ccccc3)C2=O)s1. The van der Waals surface area contributed by atoms with Crippen molar-refractivity contribution in [2.45, 2.75) is 44.6 Å². The number of benzene rings is 1. The molecule has 0 unspecified atom stereocenters. The van der Waals surface area contributed by atoms with Gasteiger partial charge in [0.25, 0.3) is 5.91 Å². The van der Waals surface area contributed by atoms with Gasteiger partial charge in [0.15, 0.2) is 5.78 Å². The summed E-state index contributed by atoms with van der Waals surface area (Å²) in [5.74, 6) is -0.927. The fourth-order valence-corrected chi connectivity index (χ4v) is 3.78. The summed E-state index contributed by atoms with van der Waals surface area (Å²) < 4.78 is 0. The highest BCUT2D eigenvalue weighted by atomic mass is 32.1. The predicted octanol–water partition coefficient (Wildman–Crippen LogP) is 2.16. The van der Waals surface area contributed by atoms with Crippen LogP contribution in [0.3, 0.4) is 0 Å². The summed E-state index contributed by atoms with van der Waals surface area (Å²) in [6.45, 7) is 2.37. The Morgan fingerprint density at radius 2 is 2.00 bits per heavy atom. The lowest BCUT2D eigenvalue weighted by Gasteiger charge is -2.21. The highest BCUT2D eigenvalue weighted by Crippen LogP contribution is 2.30. The molecule has 6 nitrogen and oxygen atoms in total. The number of rotatable bonds is 7. The van der Waals surface area contributed by atoms with Crippen molar-refractivity contribution in [3.05, 3.63) is 40.3 Å². The van der Waals surface area contributed by atoms with Gasteiger partial charge in [-0.3, -0.25) is 9.59 Å². The number of hydrogen-bond acceptors (Lipinski definition) is 6. The number of nitrogens with zero attached hydrogens (tertiary/aromatic N) is 3. The van der Waals surface area contributed by atoms with Crippen LogP contribution in [0.5, 0.6) is 0 Å². The van der Waals surface area contributed by atoms with Gasteiger partial charge >= 0.3 is 0 Å². The first-order valence-corrected chi connectivity index (χ1v) is 9.30. The Hall–Kier alpha value is -2.12. The van der Waals surface area contributed by atoms with Crippen LogP contribution in [0.1, 0.15) is 36.2 Å². The molecule has 1 aromatic carbocycles. The topological polar surface area (TPSA) is 83.4 Å². The van der Waals surface area contributed by atoms with Crippen molar-refractivity contribution < 1.29 is 14.7 Å². The largest absolute Gasteiger partial charge is 0.373 e. The molecule has 0 spiro atoms. The first-order chi connectivity index (χ1) is 12.0. The number of carbonyl (C=O) groups excluding carboxylic acids is 2. The molecule has 1 N–H and O–H groups in total. The molecule has 0 aliphatic carbocycles. The van der Waals surface area contributed by atoms with E-state index in [9.17, 15) is 14.7 Å². The quantitative estimate of drug-likeness (QED) is 0.766. The van der Waals surface area contributed by atoms with Crippen LogP contribution < -0.4 is 4.90 Å². The summed E-state index contributed by atoms with van der Waals surface area (Å²) in [5.41, 5.74) is -1.19. The molecule has 7 heteroatoms. The van der Waals surface area contributed by atoms with E-state index in [1.807, 2.05) is 25.1 Å². The van der Waals surface area contributed by atoms with Gasteiger partial charge in [-0.05, 0) is 25.0 Å². The smallest absolute Gasteiger partial charge is 0.266 e. The average Bonchev–Trinajstić information content (AvgIpc) is 3.21. The number of aromatic nitrogens is 2. The van der Waals surface area contributed by atoms with Gasteiger partial charge in [-0.1, -0.05) is 25.1 Å². The minimum atomic E-state index is -1.90. The zero-order valence-electron chi connectivity index (χ0n) is 14.1. The van der Waals surface area contributed by atoms with E-state index in [-0.39, 0.29) is 12.8 Å². The molecule has 1 aromatic heterocycles. The molecule has 1 aliphatic rings. The zero-order chi connectivity index (χ0) is 17.9. The van der Waals surface area contributed by atoms with Gasteiger partial charge in [0.2, 0.25) is 5.60 Å². The van der Waals surface area contributed by atoms with Crippen molar-refractivity contribution in [3.8, 4) is 0 Å². The number of aliphatic hydroxyl groups is 1. The Bertz CT molecular complexity index is 762. The van der Waals surface area contributed by atoms with Crippen LogP contribution in [0.4, 0.5) is 5.69 Å². The van der Waals surface area contributed by atoms with Crippen LogP contribution >= 0.6 is 11.3 Å². The lowest BCUT2D eigenvalue weighted by molar-refractivity contribution is -0.147. The molecular weight excluding hydrogens is 338 g/mol. The third kappa shape index (κ3) is 3.62. The van der Waals surface area contributed by atoms with Crippen LogP contribution in [-0.4, -0.2) is 39.1 Å². The molecule has 1 aliphatic heterocycles. The molecule has 3 rings (SSSR count).